The summed E-state index contributed by atoms with van der Waals surface area (Å²) in [5.74, 6) is -2.36. The minimum absolute atomic E-state index is 0.106. The van der Waals surface area contributed by atoms with Crippen LogP contribution in [-0.2, 0) is 22.4 Å². The van der Waals surface area contributed by atoms with E-state index in [9.17, 15) is 13.2 Å². The van der Waals surface area contributed by atoms with E-state index in [0.717, 1.165) is 17.7 Å². The molecule has 0 saturated carbocycles. The fourth-order valence-electron chi connectivity index (χ4n) is 2.52. The van der Waals surface area contributed by atoms with Gasteiger partial charge >= 0.3 is 12.0 Å². The van der Waals surface area contributed by atoms with E-state index >= 15 is 0 Å². The van der Waals surface area contributed by atoms with Crippen molar-refractivity contribution in [3.8, 4) is 5.75 Å². The van der Waals surface area contributed by atoms with Crippen molar-refractivity contribution < 1.29 is 27.4 Å². The maximum atomic E-state index is 13.1. The molecule has 0 N–H and O–H groups in total. The van der Waals surface area contributed by atoms with Crippen molar-refractivity contribution in [2.45, 2.75) is 31.9 Å². The zero-order chi connectivity index (χ0) is 17.9. The third kappa shape index (κ3) is 3.96. The summed E-state index contributed by atoms with van der Waals surface area (Å²) in [7, 11) is 0. The molecule has 1 aromatic carbocycles. The summed E-state index contributed by atoms with van der Waals surface area (Å²) in [5, 5.41) is 4.40. The molecule has 0 aliphatic carbocycles. The summed E-state index contributed by atoms with van der Waals surface area (Å²) >= 11 is 0. The van der Waals surface area contributed by atoms with Crippen molar-refractivity contribution in [3.63, 3.8) is 0 Å². The number of aromatic nitrogens is 2. The summed E-state index contributed by atoms with van der Waals surface area (Å²) in [4.78, 5) is 0. The molecular formula is C17H19F3N2O3. The fourth-order valence-corrected chi connectivity index (χ4v) is 2.52. The first-order valence-electron chi connectivity index (χ1n) is 8.00. The summed E-state index contributed by atoms with van der Waals surface area (Å²) in [6.07, 6.45) is -1.89. The van der Waals surface area contributed by atoms with E-state index < -0.39 is 18.6 Å². The van der Waals surface area contributed by atoms with E-state index in [1.807, 2.05) is 23.9 Å². The molecule has 0 radical (unpaired) electrons. The molecule has 8 heteroatoms. The average molecular weight is 356 g/mol. The lowest BCUT2D eigenvalue weighted by atomic mass is 10.2. The molecule has 0 spiro atoms. The third-order valence-corrected chi connectivity index (χ3v) is 3.94. The summed E-state index contributed by atoms with van der Waals surface area (Å²) in [6.45, 7) is 1.66. The summed E-state index contributed by atoms with van der Waals surface area (Å²) in [6, 6.07) is 8.78. The van der Waals surface area contributed by atoms with Gasteiger partial charge in [0.1, 0.15) is 5.75 Å². The standard InChI is InChI=1S/C17H19F3N2O3/c1-2-14-7-8-22(21-14)11-13-3-5-15(6-4-13)23-12-16(17(18,19)20)24-9-10-25-16/h3-8H,2,9-12H2,1H3. The fraction of sp³-hybridized carbons (Fsp3) is 0.471. The van der Waals surface area contributed by atoms with Crippen LogP contribution in [0.5, 0.6) is 5.75 Å². The van der Waals surface area contributed by atoms with Gasteiger partial charge in [-0.05, 0) is 30.2 Å². The largest absolute Gasteiger partial charge is 0.488 e. The molecule has 1 fully saturated rings. The first kappa shape index (κ1) is 17.8. The van der Waals surface area contributed by atoms with Crippen LogP contribution in [0.4, 0.5) is 13.2 Å². The number of halogens is 3. The Labute approximate surface area is 143 Å². The van der Waals surface area contributed by atoms with Gasteiger partial charge in [0, 0.05) is 6.20 Å². The Morgan fingerprint density at radius 2 is 1.84 bits per heavy atom. The molecule has 2 heterocycles. The van der Waals surface area contributed by atoms with Crippen LogP contribution in [0.3, 0.4) is 0 Å². The third-order valence-electron chi connectivity index (χ3n) is 3.94. The number of ether oxygens (including phenoxy) is 3. The van der Waals surface area contributed by atoms with E-state index in [4.69, 9.17) is 14.2 Å². The van der Waals surface area contributed by atoms with Gasteiger partial charge in [-0.2, -0.15) is 18.3 Å². The Balaban J connectivity index is 1.60. The molecule has 0 unspecified atom stereocenters. The lowest BCUT2D eigenvalue weighted by molar-refractivity contribution is -0.350. The van der Waals surface area contributed by atoms with Gasteiger partial charge in [0.15, 0.2) is 6.61 Å². The predicted octanol–water partition coefficient (Wildman–Crippen LogP) is 3.18. The molecule has 1 saturated heterocycles. The van der Waals surface area contributed by atoms with Crippen molar-refractivity contribution in [2.24, 2.45) is 0 Å². The van der Waals surface area contributed by atoms with Gasteiger partial charge in [-0.15, -0.1) is 0 Å². The van der Waals surface area contributed by atoms with E-state index in [-0.39, 0.29) is 13.2 Å². The van der Waals surface area contributed by atoms with Crippen molar-refractivity contribution in [2.75, 3.05) is 19.8 Å². The number of aryl methyl sites for hydroxylation is 1. The van der Waals surface area contributed by atoms with E-state index in [1.54, 1.807) is 24.3 Å². The first-order chi connectivity index (χ1) is 11.9. The molecule has 25 heavy (non-hydrogen) atoms. The van der Waals surface area contributed by atoms with E-state index in [1.165, 1.54) is 0 Å². The van der Waals surface area contributed by atoms with Crippen LogP contribution >= 0.6 is 0 Å². The van der Waals surface area contributed by atoms with Crippen LogP contribution in [0, 0.1) is 0 Å². The molecule has 136 valence electrons. The minimum Gasteiger partial charge on any atom is -0.488 e. The molecule has 1 aliphatic rings. The maximum absolute atomic E-state index is 13.1. The Morgan fingerprint density at radius 1 is 1.16 bits per heavy atom. The smallest absolute Gasteiger partial charge is 0.447 e. The molecule has 1 aromatic heterocycles. The second-order valence-electron chi connectivity index (χ2n) is 5.74. The van der Waals surface area contributed by atoms with Crippen molar-refractivity contribution in [3.05, 3.63) is 47.8 Å². The molecule has 0 amide bonds. The molecule has 0 bridgehead atoms. The van der Waals surface area contributed by atoms with Gasteiger partial charge < -0.3 is 14.2 Å². The summed E-state index contributed by atoms with van der Waals surface area (Å²) in [5.41, 5.74) is 1.98. The SMILES string of the molecule is CCc1ccn(Cc2ccc(OCC3(C(F)(F)F)OCCO3)cc2)n1. The van der Waals surface area contributed by atoms with Gasteiger partial charge in [0.25, 0.3) is 0 Å². The van der Waals surface area contributed by atoms with Crippen molar-refractivity contribution in [1.29, 1.82) is 0 Å². The van der Waals surface area contributed by atoms with Crippen LogP contribution in [0.25, 0.3) is 0 Å². The quantitative estimate of drug-likeness (QED) is 0.798. The monoisotopic (exact) mass is 356 g/mol. The maximum Gasteiger partial charge on any atom is 0.447 e. The van der Waals surface area contributed by atoms with E-state index in [0.29, 0.717) is 12.3 Å². The van der Waals surface area contributed by atoms with Crippen molar-refractivity contribution >= 4 is 0 Å². The number of rotatable bonds is 6. The number of hydrogen-bond donors (Lipinski definition) is 0. The molecule has 1 aliphatic heterocycles. The van der Waals surface area contributed by atoms with Crippen LogP contribution in [0.2, 0.25) is 0 Å². The van der Waals surface area contributed by atoms with E-state index in [2.05, 4.69) is 5.10 Å². The van der Waals surface area contributed by atoms with Gasteiger partial charge in [-0.1, -0.05) is 19.1 Å². The average Bonchev–Trinajstić information content (AvgIpc) is 3.23. The van der Waals surface area contributed by atoms with Gasteiger partial charge in [-0.25, -0.2) is 0 Å². The normalized spacial score (nSPS) is 17.0. The Bertz CT molecular complexity index is 692. The molecule has 2 aromatic rings. The second kappa shape index (κ2) is 7.05. The minimum atomic E-state index is -4.65. The highest BCUT2D eigenvalue weighted by Gasteiger charge is 2.61. The zero-order valence-electron chi connectivity index (χ0n) is 13.8. The van der Waals surface area contributed by atoms with Crippen LogP contribution in [-0.4, -0.2) is 41.6 Å². The molecule has 0 atom stereocenters. The summed E-state index contributed by atoms with van der Waals surface area (Å²) < 4.78 is 55.9. The predicted molar refractivity (Wildman–Crippen MR) is 83.3 cm³/mol. The van der Waals surface area contributed by atoms with Crippen LogP contribution in [0.15, 0.2) is 36.5 Å². The topological polar surface area (TPSA) is 45.5 Å². The number of benzene rings is 1. The lowest BCUT2D eigenvalue weighted by Crippen LogP contribution is -2.51. The highest BCUT2D eigenvalue weighted by Crippen LogP contribution is 2.38. The molecule has 5 nitrogen and oxygen atoms in total. The lowest BCUT2D eigenvalue weighted by Gasteiger charge is -2.29. The highest BCUT2D eigenvalue weighted by molar-refractivity contribution is 5.27. The number of hydrogen-bond acceptors (Lipinski definition) is 4. The number of nitrogens with zero attached hydrogens (tertiary/aromatic N) is 2. The van der Waals surface area contributed by atoms with Gasteiger partial charge in [0.05, 0.1) is 25.5 Å². The van der Waals surface area contributed by atoms with Gasteiger partial charge in [0.2, 0.25) is 0 Å². The first-order valence-corrected chi connectivity index (χ1v) is 8.00. The zero-order valence-corrected chi connectivity index (χ0v) is 13.8. The Kier molecular flexibility index (Phi) is 5.01. The molecule has 3 rings (SSSR count). The number of alkyl halides is 3. The van der Waals surface area contributed by atoms with Crippen molar-refractivity contribution in [1.82, 2.24) is 9.78 Å². The molecular weight excluding hydrogens is 337 g/mol. The second-order valence-corrected chi connectivity index (χ2v) is 5.74. The van der Waals surface area contributed by atoms with Crippen LogP contribution < -0.4 is 4.74 Å². The Hall–Kier alpha value is -2.06. The Morgan fingerprint density at radius 3 is 2.40 bits per heavy atom. The van der Waals surface area contributed by atoms with Gasteiger partial charge in [-0.3, -0.25) is 4.68 Å². The highest BCUT2D eigenvalue weighted by atomic mass is 19.4. The van der Waals surface area contributed by atoms with Crippen LogP contribution in [0.1, 0.15) is 18.2 Å².